The molecule has 1 N–H and O–H groups in total. The summed E-state index contributed by atoms with van der Waals surface area (Å²) in [5.74, 6) is -0.0448. The fourth-order valence-corrected chi connectivity index (χ4v) is 7.43. The largest absolute Gasteiger partial charge is 0.507 e. The van der Waals surface area contributed by atoms with Crippen LogP contribution in [0.2, 0.25) is 5.02 Å². The highest BCUT2D eigenvalue weighted by Crippen LogP contribution is 2.45. The molecule has 0 spiro atoms. The summed E-state index contributed by atoms with van der Waals surface area (Å²) in [6.45, 7) is 2.40. The summed E-state index contributed by atoms with van der Waals surface area (Å²) in [5, 5.41) is 21.1. The minimum Gasteiger partial charge on any atom is -0.507 e. The van der Waals surface area contributed by atoms with Crippen molar-refractivity contribution in [1.82, 2.24) is 10.2 Å². The smallest absolute Gasteiger partial charge is 0.301 e. The van der Waals surface area contributed by atoms with Crippen LogP contribution < -0.4 is 19.1 Å². The maximum absolute atomic E-state index is 13.7. The molecule has 6 rings (SSSR count). The Morgan fingerprint density at radius 1 is 0.917 bits per heavy atom. The standard InChI is InChI=1S/C36H30ClN3O6S2/c1-21-8-4-5-9-24(21)19-46-26-15-12-22(13-16-26)32(41)30-31(23-14-17-28(44-2)29(18-23)45-3)40(34(43)33(30)42)35-38-39-36(48-35)47-20-25-10-6-7-11-27(25)37/h4-18,31,41H,19-20H2,1-3H3/b32-30+. The number of carbonyl (C=O) groups is 2. The van der Waals surface area contributed by atoms with Crippen molar-refractivity contribution in [3.63, 3.8) is 0 Å². The Labute approximate surface area is 290 Å². The number of benzene rings is 4. The van der Waals surface area contributed by atoms with Gasteiger partial charge in [-0.15, -0.1) is 10.2 Å². The van der Waals surface area contributed by atoms with Crippen molar-refractivity contribution >= 4 is 57.3 Å². The first kappa shape index (κ1) is 33.1. The second-order valence-electron chi connectivity index (χ2n) is 10.8. The number of halogens is 1. The van der Waals surface area contributed by atoms with E-state index in [0.717, 1.165) is 16.7 Å². The van der Waals surface area contributed by atoms with E-state index >= 15 is 0 Å². The van der Waals surface area contributed by atoms with Crippen LogP contribution in [0.25, 0.3) is 5.76 Å². The molecule has 2 heterocycles. The molecule has 1 amide bonds. The minimum atomic E-state index is -1.03. The highest BCUT2D eigenvalue weighted by atomic mass is 35.5. The van der Waals surface area contributed by atoms with Crippen LogP contribution in [-0.2, 0) is 21.9 Å². The second-order valence-corrected chi connectivity index (χ2v) is 13.3. The van der Waals surface area contributed by atoms with Crippen molar-refractivity contribution < 1.29 is 28.9 Å². The first-order chi connectivity index (χ1) is 23.3. The number of ketones is 1. The lowest BCUT2D eigenvalue weighted by Crippen LogP contribution is -2.29. The number of aliphatic hydroxyl groups excluding tert-OH is 1. The molecule has 1 atom stereocenters. The molecule has 1 aromatic heterocycles. The summed E-state index contributed by atoms with van der Waals surface area (Å²) < 4.78 is 17.5. The van der Waals surface area contributed by atoms with Crippen LogP contribution in [0.5, 0.6) is 17.2 Å². The van der Waals surface area contributed by atoms with Gasteiger partial charge in [-0.05, 0) is 71.6 Å². The Bertz CT molecular complexity index is 2010. The number of anilines is 1. The lowest BCUT2D eigenvalue weighted by molar-refractivity contribution is -0.132. The van der Waals surface area contributed by atoms with E-state index in [4.69, 9.17) is 25.8 Å². The molecule has 12 heteroatoms. The van der Waals surface area contributed by atoms with E-state index in [-0.39, 0.29) is 16.5 Å². The van der Waals surface area contributed by atoms with Crippen LogP contribution >= 0.6 is 34.7 Å². The molecule has 1 fully saturated rings. The topological polar surface area (TPSA) is 111 Å². The molecular weight excluding hydrogens is 670 g/mol. The van der Waals surface area contributed by atoms with E-state index in [1.165, 1.54) is 42.2 Å². The number of hydrogen-bond donors (Lipinski definition) is 1. The van der Waals surface area contributed by atoms with Gasteiger partial charge in [-0.3, -0.25) is 14.5 Å². The van der Waals surface area contributed by atoms with Gasteiger partial charge in [0.15, 0.2) is 15.8 Å². The molecular formula is C36H30ClN3O6S2. The summed E-state index contributed by atoms with van der Waals surface area (Å²) in [6, 6.07) is 26.2. The van der Waals surface area contributed by atoms with Gasteiger partial charge in [0.1, 0.15) is 18.1 Å². The molecule has 1 unspecified atom stereocenters. The minimum absolute atomic E-state index is 0.0960. The quantitative estimate of drug-likeness (QED) is 0.0482. The third kappa shape index (κ3) is 6.75. The van der Waals surface area contributed by atoms with Crippen LogP contribution in [0.4, 0.5) is 5.13 Å². The molecule has 9 nitrogen and oxygen atoms in total. The number of amides is 1. The zero-order valence-corrected chi connectivity index (χ0v) is 28.6. The third-order valence-electron chi connectivity index (χ3n) is 7.86. The molecule has 1 aliphatic rings. The van der Waals surface area contributed by atoms with Gasteiger partial charge >= 0.3 is 5.91 Å². The van der Waals surface area contributed by atoms with Crippen molar-refractivity contribution in [1.29, 1.82) is 0 Å². The molecule has 5 aromatic rings. The maximum atomic E-state index is 13.7. The fraction of sp³-hybridized carbons (Fsp3) is 0.167. The molecule has 244 valence electrons. The Balaban J connectivity index is 1.34. The number of aryl methyl sites for hydroxylation is 1. The van der Waals surface area contributed by atoms with Gasteiger partial charge in [0.05, 0.1) is 25.8 Å². The summed E-state index contributed by atoms with van der Waals surface area (Å²) in [7, 11) is 3.01. The summed E-state index contributed by atoms with van der Waals surface area (Å²) in [5.41, 5.74) is 3.86. The number of aromatic nitrogens is 2. The first-order valence-electron chi connectivity index (χ1n) is 14.8. The Morgan fingerprint density at radius 3 is 2.33 bits per heavy atom. The first-order valence-corrected chi connectivity index (χ1v) is 17.0. The normalized spacial score (nSPS) is 15.5. The van der Waals surface area contributed by atoms with Gasteiger partial charge in [0, 0.05) is 16.3 Å². The lowest BCUT2D eigenvalue weighted by atomic mass is 9.95. The summed E-state index contributed by atoms with van der Waals surface area (Å²) in [6.07, 6.45) is 0. The van der Waals surface area contributed by atoms with E-state index in [1.54, 1.807) is 42.5 Å². The lowest BCUT2D eigenvalue weighted by Gasteiger charge is -2.23. The number of methoxy groups -OCH3 is 2. The third-order valence-corrected chi connectivity index (χ3v) is 10.3. The van der Waals surface area contributed by atoms with Crippen LogP contribution in [0.15, 0.2) is 101 Å². The number of rotatable bonds is 11. The highest BCUT2D eigenvalue weighted by molar-refractivity contribution is 8.00. The van der Waals surface area contributed by atoms with Gasteiger partial charge in [0.2, 0.25) is 5.13 Å². The van der Waals surface area contributed by atoms with Gasteiger partial charge in [-0.25, -0.2) is 0 Å². The van der Waals surface area contributed by atoms with Crippen molar-refractivity contribution in [3.8, 4) is 17.2 Å². The Hall–Kier alpha value is -4.84. The van der Waals surface area contributed by atoms with Crippen LogP contribution in [0.1, 0.15) is 33.9 Å². The zero-order valence-electron chi connectivity index (χ0n) is 26.2. The molecule has 1 aliphatic heterocycles. The number of aliphatic hydroxyl groups is 1. The Kier molecular flexibility index (Phi) is 10.00. The van der Waals surface area contributed by atoms with E-state index in [2.05, 4.69) is 10.2 Å². The van der Waals surface area contributed by atoms with E-state index in [1.807, 2.05) is 55.5 Å². The maximum Gasteiger partial charge on any atom is 0.301 e. The number of Topliss-reactive ketones (excluding diaryl/α,β-unsaturated/α-hetero) is 1. The van der Waals surface area contributed by atoms with Crippen LogP contribution in [0.3, 0.4) is 0 Å². The fourth-order valence-electron chi connectivity index (χ4n) is 5.28. The zero-order chi connectivity index (χ0) is 33.8. The molecule has 0 radical (unpaired) electrons. The predicted molar refractivity (Wildman–Crippen MR) is 187 cm³/mol. The molecule has 0 bridgehead atoms. The average Bonchev–Trinajstić information content (AvgIpc) is 3.68. The van der Waals surface area contributed by atoms with Crippen molar-refractivity contribution in [2.24, 2.45) is 0 Å². The molecule has 1 saturated heterocycles. The van der Waals surface area contributed by atoms with Crippen molar-refractivity contribution in [2.45, 2.75) is 29.7 Å². The summed E-state index contributed by atoms with van der Waals surface area (Å²) in [4.78, 5) is 28.7. The number of nitrogens with zero attached hydrogens (tertiary/aromatic N) is 3. The Morgan fingerprint density at radius 2 is 1.62 bits per heavy atom. The molecule has 0 saturated carbocycles. The van der Waals surface area contributed by atoms with E-state index < -0.39 is 17.7 Å². The number of hydrogen-bond acceptors (Lipinski definition) is 10. The SMILES string of the molecule is COc1ccc(C2/C(=C(\O)c3ccc(OCc4ccccc4C)cc3)C(=O)C(=O)N2c2nnc(SCc3ccccc3Cl)s2)cc1OC. The number of thioether (sulfide) groups is 1. The molecule has 4 aromatic carbocycles. The van der Waals surface area contributed by atoms with E-state index in [0.29, 0.717) is 50.1 Å². The summed E-state index contributed by atoms with van der Waals surface area (Å²) >= 11 is 8.91. The second kappa shape index (κ2) is 14.5. The van der Waals surface area contributed by atoms with Gasteiger partial charge < -0.3 is 19.3 Å². The van der Waals surface area contributed by atoms with Crippen LogP contribution in [-0.4, -0.2) is 41.2 Å². The van der Waals surface area contributed by atoms with Crippen molar-refractivity contribution in [2.75, 3.05) is 19.1 Å². The van der Waals surface area contributed by atoms with Gasteiger partial charge in [-0.1, -0.05) is 83.2 Å². The highest BCUT2D eigenvalue weighted by Gasteiger charge is 2.48. The molecule has 0 aliphatic carbocycles. The number of ether oxygens (including phenoxy) is 3. The van der Waals surface area contributed by atoms with E-state index in [9.17, 15) is 14.7 Å². The monoisotopic (exact) mass is 699 g/mol. The van der Waals surface area contributed by atoms with Gasteiger partial charge in [0.25, 0.3) is 5.78 Å². The predicted octanol–water partition coefficient (Wildman–Crippen LogP) is 8.01. The number of carbonyl (C=O) groups excluding carboxylic acids is 2. The average molecular weight is 700 g/mol. The molecule has 48 heavy (non-hydrogen) atoms. The van der Waals surface area contributed by atoms with Gasteiger partial charge in [-0.2, -0.15) is 0 Å². The van der Waals surface area contributed by atoms with Crippen molar-refractivity contribution in [3.05, 3.63) is 129 Å². The van der Waals surface area contributed by atoms with Crippen LogP contribution in [0, 0.1) is 6.92 Å².